The first kappa shape index (κ1) is 33.1. The van der Waals surface area contributed by atoms with Gasteiger partial charge in [-0.05, 0) is 69.0 Å². The van der Waals surface area contributed by atoms with Crippen molar-refractivity contribution < 1.29 is 4.74 Å². The lowest BCUT2D eigenvalue weighted by Crippen LogP contribution is -2.24. The zero-order chi connectivity index (χ0) is 35.3. The van der Waals surface area contributed by atoms with E-state index in [0.29, 0.717) is 5.82 Å². The van der Waals surface area contributed by atoms with Crippen LogP contribution < -0.4 is 4.74 Å². The maximum Gasteiger partial charge on any atom is 0.164 e. The van der Waals surface area contributed by atoms with Crippen molar-refractivity contribution in [2.75, 3.05) is 0 Å². The predicted octanol–water partition coefficient (Wildman–Crippen LogP) is 11.9. The maximum absolute atomic E-state index is 7.05. The first-order chi connectivity index (χ1) is 22.8. The summed E-state index contributed by atoms with van der Waals surface area (Å²) in [5, 5.41) is 6.80. The van der Waals surface area contributed by atoms with E-state index >= 15 is 0 Å². The Morgan fingerprint density at radius 2 is 1.27 bits per heavy atom. The molecule has 0 bridgehead atoms. The fraction of sp³-hybridized carbons (Fsp3) is 0.409. The van der Waals surface area contributed by atoms with Crippen molar-refractivity contribution in [1.82, 2.24) is 19.9 Å². The molecule has 252 valence electrons. The van der Waals surface area contributed by atoms with Crippen molar-refractivity contribution in [3.63, 3.8) is 0 Å². The SMILES string of the molecule is CC(C)(C)Cc1ccc2c(CC(C)(C)C)c3c(cc2c1)-c1nccc2c1c(cc1cccc(-c4nc(C(C)(C)C)nc(C(C)(C)C)n4)c12)O3. The number of fused-ring (bicyclic) bond motifs is 5. The molecule has 0 saturated carbocycles. The van der Waals surface area contributed by atoms with Gasteiger partial charge in [-0.15, -0.1) is 0 Å². The second-order valence-corrected chi connectivity index (χ2v) is 18.5. The standard InChI is InChI=1S/C44H50N4O/c1-41(2,3)23-25-16-17-28-27(20-25)21-31-36-35-29(18-19-45-36)34-26(22-33(35)49-37(31)32(28)24-42(4,5)6)14-13-15-30(34)38-46-39(43(7,8)9)48-40(47-38)44(10,11)12/h13-22H,23-24H2,1-12H3. The van der Waals surface area contributed by atoms with E-state index in [1.54, 1.807) is 0 Å². The number of nitrogens with zero attached hydrogens (tertiary/aromatic N) is 4. The Labute approximate surface area is 291 Å². The van der Waals surface area contributed by atoms with Gasteiger partial charge in [-0.1, -0.05) is 119 Å². The number of rotatable bonds is 3. The van der Waals surface area contributed by atoms with Gasteiger partial charge in [-0.2, -0.15) is 0 Å². The Bertz CT molecular complexity index is 2260. The van der Waals surface area contributed by atoms with E-state index in [-0.39, 0.29) is 21.7 Å². The number of benzene rings is 4. The summed E-state index contributed by atoms with van der Waals surface area (Å²) in [4.78, 5) is 20.2. The average molecular weight is 651 g/mol. The summed E-state index contributed by atoms with van der Waals surface area (Å²) in [6.45, 7) is 26.7. The molecule has 1 aliphatic rings. The molecule has 0 saturated heterocycles. The molecule has 4 aromatic carbocycles. The van der Waals surface area contributed by atoms with Gasteiger partial charge >= 0.3 is 0 Å². The van der Waals surface area contributed by atoms with Crippen LogP contribution in [-0.2, 0) is 23.7 Å². The average Bonchev–Trinajstić information content (AvgIpc) is 2.98. The summed E-state index contributed by atoms with van der Waals surface area (Å²) < 4.78 is 7.05. The van der Waals surface area contributed by atoms with Crippen molar-refractivity contribution in [2.24, 2.45) is 10.8 Å². The van der Waals surface area contributed by atoms with Crippen molar-refractivity contribution in [3.05, 3.63) is 83.6 Å². The van der Waals surface area contributed by atoms with Gasteiger partial charge in [0.05, 0.1) is 11.1 Å². The lowest BCUT2D eigenvalue weighted by molar-refractivity contribution is 0.400. The Hall–Kier alpha value is -4.38. The highest BCUT2D eigenvalue weighted by atomic mass is 16.5. The molecular weight excluding hydrogens is 601 g/mol. The molecule has 0 atom stereocenters. The van der Waals surface area contributed by atoms with Crippen LogP contribution in [0.4, 0.5) is 0 Å². The van der Waals surface area contributed by atoms with Gasteiger partial charge in [0.1, 0.15) is 23.1 Å². The minimum Gasteiger partial charge on any atom is -0.456 e. The molecule has 0 spiro atoms. The number of hydrogen-bond donors (Lipinski definition) is 0. The second-order valence-electron chi connectivity index (χ2n) is 18.5. The molecule has 0 radical (unpaired) electrons. The van der Waals surface area contributed by atoms with E-state index in [9.17, 15) is 0 Å². The molecule has 0 N–H and O–H groups in total. The summed E-state index contributed by atoms with van der Waals surface area (Å²) in [6, 6.07) is 20.0. The number of aromatic nitrogens is 4. The molecule has 5 heteroatoms. The Kier molecular flexibility index (Phi) is 7.48. The second kappa shape index (κ2) is 11.1. The van der Waals surface area contributed by atoms with Crippen molar-refractivity contribution in [3.8, 4) is 34.1 Å². The van der Waals surface area contributed by atoms with Gasteiger partial charge < -0.3 is 4.74 Å². The van der Waals surface area contributed by atoms with Crippen LogP contribution in [0.1, 0.15) is 106 Å². The van der Waals surface area contributed by atoms with Crippen LogP contribution in [0.2, 0.25) is 0 Å². The highest BCUT2D eigenvalue weighted by Crippen LogP contribution is 2.52. The van der Waals surface area contributed by atoms with Crippen molar-refractivity contribution >= 4 is 32.3 Å². The number of pyridine rings is 1. The van der Waals surface area contributed by atoms with Crippen LogP contribution in [0.15, 0.2) is 60.8 Å². The monoisotopic (exact) mass is 650 g/mol. The van der Waals surface area contributed by atoms with Gasteiger partial charge in [0.25, 0.3) is 0 Å². The Morgan fingerprint density at radius 3 is 1.90 bits per heavy atom. The molecule has 0 amide bonds. The quantitative estimate of drug-likeness (QED) is 0.178. The smallest absolute Gasteiger partial charge is 0.164 e. The fourth-order valence-electron chi connectivity index (χ4n) is 7.11. The molecule has 0 fully saturated rings. The van der Waals surface area contributed by atoms with Crippen molar-refractivity contribution in [1.29, 1.82) is 0 Å². The lowest BCUT2D eigenvalue weighted by Gasteiger charge is -2.28. The lowest BCUT2D eigenvalue weighted by atomic mass is 9.82. The number of hydrogen-bond acceptors (Lipinski definition) is 5. The van der Waals surface area contributed by atoms with Crippen LogP contribution in [0.3, 0.4) is 0 Å². The largest absolute Gasteiger partial charge is 0.456 e. The Morgan fingerprint density at radius 1 is 0.592 bits per heavy atom. The summed E-state index contributed by atoms with van der Waals surface area (Å²) in [6.07, 6.45) is 3.85. The van der Waals surface area contributed by atoms with Crippen LogP contribution in [0.25, 0.3) is 55.0 Å². The summed E-state index contributed by atoms with van der Waals surface area (Å²) in [7, 11) is 0. The van der Waals surface area contributed by atoms with Gasteiger partial charge in [0, 0.05) is 39.1 Å². The third-order valence-corrected chi connectivity index (χ3v) is 9.24. The highest BCUT2D eigenvalue weighted by molar-refractivity contribution is 6.20. The van der Waals surface area contributed by atoms with Crippen LogP contribution in [0.5, 0.6) is 11.5 Å². The minimum absolute atomic E-state index is 0.0653. The van der Waals surface area contributed by atoms with Gasteiger partial charge in [-0.25, -0.2) is 15.0 Å². The van der Waals surface area contributed by atoms with Gasteiger partial charge in [0.15, 0.2) is 5.82 Å². The van der Waals surface area contributed by atoms with Crippen LogP contribution in [-0.4, -0.2) is 19.9 Å². The van der Waals surface area contributed by atoms with Crippen LogP contribution >= 0.6 is 0 Å². The molecule has 5 nitrogen and oxygen atoms in total. The summed E-state index contributed by atoms with van der Waals surface area (Å²) in [5.41, 5.74) is 5.41. The topological polar surface area (TPSA) is 60.8 Å². The molecule has 49 heavy (non-hydrogen) atoms. The molecule has 1 aliphatic heterocycles. The first-order valence-corrected chi connectivity index (χ1v) is 17.7. The predicted molar refractivity (Wildman–Crippen MR) is 205 cm³/mol. The van der Waals surface area contributed by atoms with E-state index in [2.05, 4.69) is 138 Å². The van der Waals surface area contributed by atoms with E-state index in [4.69, 9.17) is 24.7 Å². The molecule has 0 aliphatic carbocycles. The molecular formula is C44H50N4O. The maximum atomic E-state index is 7.05. The van der Waals surface area contributed by atoms with E-state index in [1.807, 2.05) is 6.20 Å². The molecule has 3 heterocycles. The molecule has 7 rings (SSSR count). The molecule has 0 unspecified atom stereocenters. The van der Waals surface area contributed by atoms with E-state index in [1.165, 1.54) is 21.9 Å². The summed E-state index contributed by atoms with van der Waals surface area (Å²) >= 11 is 0. The van der Waals surface area contributed by atoms with Crippen LogP contribution in [0, 0.1) is 10.8 Å². The third-order valence-electron chi connectivity index (χ3n) is 9.24. The molecule has 6 aromatic rings. The normalized spacial score (nSPS) is 13.6. The summed E-state index contributed by atoms with van der Waals surface area (Å²) in [5.74, 6) is 4.06. The minimum atomic E-state index is -0.229. The fourth-order valence-corrected chi connectivity index (χ4v) is 7.11. The number of ether oxygens (including phenoxy) is 1. The van der Waals surface area contributed by atoms with E-state index in [0.717, 1.165) is 74.4 Å². The molecule has 2 aromatic heterocycles. The zero-order valence-electron chi connectivity index (χ0n) is 31.4. The third kappa shape index (κ3) is 6.17. The van der Waals surface area contributed by atoms with Crippen molar-refractivity contribution in [2.45, 2.75) is 107 Å². The first-order valence-electron chi connectivity index (χ1n) is 17.7. The Balaban J connectivity index is 1.52. The van der Waals surface area contributed by atoms with E-state index < -0.39 is 0 Å². The highest BCUT2D eigenvalue weighted by Gasteiger charge is 2.30. The zero-order valence-corrected chi connectivity index (χ0v) is 31.4. The van der Waals surface area contributed by atoms with Gasteiger partial charge in [-0.3, -0.25) is 4.98 Å². The van der Waals surface area contributed by atoms with Gasteiger partial charge in [0.2, 0.25) is 0 Å².